The van der Waals surface area contributed by atoms with E-state index < -0.39 is 0 Å². The fourth-order valence-corrected chi connectivity index (χ4v) is 1.83. The van der Waals surface area contributed by atoms with Crippen LogP contribution in [-0.4, -0.2) is 9.97 Å². The molecule has 0 radical (unpaired) electrons. The van der Waals surface area contributed by atoms with Crippen molar-refractivity contribution in [1.82, 2.24) is 9.97 Å². The van der Waals surface area contributed by atoms with Crippen molar-refractivity contribution >= 4 is 21.7 Å². The van der Waals surface area contributed by atoms with Crippen LogP contribution in [0.2, 0.25) is 0 Å². The molecule has 0 saturated heterocycles. The average Bonchev–Trinajstić information content (AvgIpc) is 2.34. The number of halogens is 1. The molecular weight excluding hydrogens is 278 g/mol. The zero-order valence-electron chi connectivity index (χ0n) is 9.65. The highest BCUT2D eigenvalue weighted by atomic mass is 79.9. The van der Waals surface area contributed by atoms with E-state index in [1.807, 2.05) is 25.1 Å². The number of aromatic nitrogens is 2. The lowest BCUT2D eigenvalue weighted by atomic mass is 10.1. The van der Waals surface area contributed by atoms with Gasteiger partial charge in [0.25, 0.3) is 0 Å². The number of rotatable bonds is 3. The van der Waals surface area contributed by atoms with Gasteiger partial charge < -0.3 is 5.73 Å². The molecule has 2 rings (SSSR count). The predicted molar refractivity (Wildman–Crippen MR) is 72.7 cm³/mol. The molecule has 17 heavy (non-hydrogen) atoms. The zero-order chi connectivity index (χ0) is 12.3. The van der Waals surface area contributed by atoms with Gasteiger partial charge in [0.2, 0.25) is 0 Å². The molecule has 1 heterocycles. The van der Waals surface area contributed by atoms with Crippen molar-refractivity contribution < 1.29 is 0 Å². The van der Waals surface area contributed by atoms with Gasteiger partial charge in [-0.3, -0.25) is 0 Å². The molecule has 2 aromatic rings. The smallest absolute Gasteiger partial charge is 0.141 e. The highest BCUT2D eigenvalue weighted by Gasteiger charge is 2.06. The van der Waals surface area contributed by atoms with Gasteiger partial charge >= 0.3 is 0 Å². The van der Waals surface area contributed by atoms with Crippen molar-refractivity contribution in [1.29, 1.82) is 0 Å². The summed E-state index contributed by atoms with van der Waals surface area (Å²) in [5, 5.41) is 0. The van der Waals surface area contributed by atoms with Gasteiger partial charge in [0.1, 0.15) is 11.6 Å². The Morgan fingerprint density at radius 3 is 2.47 bits per heavy atom. The first-order chi connectivity index (χ1) is 8.16. The van der Waals surface area contributed by atoms with Gasteiger partial charge in [-0.05, 0) is 34.8 Å². The first-order valence-corrected chi connectivity index (χ1v) is 6.28. The Labute approximate surface area is 109 Å². The van der Waals surface area contributed by atoms with Crippen molar-refractivity contribution in [3.8, 4) is 0 Å². The SMILES string of the molecule is Cc1nc(CCc2ccccc2)nc(N)c1Br. The van der Waals surface area contributed by atoms with Crippen LogP contribution < -0.4 is 5.73 Å². The molecule has 4 heteroatoms. The fourth-order valence-electron chi connectivity index (χ4n) is 1.65. The van der Waals surface area contributed by atoms with E-state index >= 15 is 0 Å². The second-order valence-corrected chi connectivity index (χ2v) is 4.70. The molecule has 0 aliphatic heterocycles. The minimum atomic E-state index is 0.514. The zero-order valence-corrected chi connectivity index (χ0v) is 11.2. The molecule has 1 aromatic carbocycles. The van der Waals surface area contributed by atoms with E-state index in [9.17, 15) is 0 Å². The Balaban J connectivity index is 2.10. The molecule has 2 N–H and O–H groups in total. The van der Waals surface area contributed by atoms with E-state index in [-0.39, 0.29) is 0 Å². The summed E-state index contributed by atoms with van der Waals surface area (Å²) in [5.74, 6) is 1.31. The summed E-state index contributed by atoms with van der Waals surface area (Å²) in [6.07, 6.45) is 1.74. The Morgan fingerprint density at radius 2 is 1.82 bits per heavy atom. The van der Waals surface area contributed by atoms with E-state index in [0.717, 1.165) is 28.8 Å². The van der Waals surface area contributed by atoms with Crippen molar-refractivity contribution in [2.45, 2.75) is 19.8 Å². The molecule has 0 bridgehead atoms. The normalized spacial score (nSPS) is 10.5. The lowest BCUT2D eigenvalue weighted by molar-refractivity contribution is 0.846. The average molecular weight is 292 g/mol. The highest BCUT2D eigenvalue weighted by molar-refractivity contribution is 9.10. The van der Waals surface area contributed by atoms with Crippen molar-refractivity contribution in [2.75, 3.05) is 5.73 Å². The maximum Gasteiger partial charge on any atom is 0.141 e. The number of aryl methyl sites for hydroxylation is 3. The molecule has 0 saturated carbocycles. The lowest BCUT2D eigenvalue weighted by Gasteiger charge is -2.05. The molecule has 0 amide bonds. The summed E-state index contributed by atoms with van der Waals surface area (Å²) < 4.78 is 0.793. The Kier molecular flexibility index (Phi) is 3.74. The predicted octanol–water partition coefficient (Wildman–Crippen LogP) is 2.91. The number of benzene rings is 1. The van der Waals surface area contributed by atoms with Crippen LogP contribution in [-0.2, 0) is 12.8 Å². The maximum atomic E-state index is 5.79. The third-order valence-electron chi connectivity index (χ3n) is 2.57. The standard InChI is InChI=1S/C13H14BrN3/c1-9-12(14)13(15)17-11(16-9)8-7-10-5-3-2-4-6-10/h2-6H,7-8H2,1H3,(H2,15,16,17). The molecule has 0 aliphatic carbocycles. The van der Waals surface area contributed by atoms with Crippen molar-refractivity contribution in [2.24, 2.45) is 0 Å². The van der Waals surface area contributed by atoms with Crippen LogP contribution in [0.4, 0.5) is 5.82 Å². The first kappa shape index (κ1) is 12.0. The van der Waals surface area contributed by atoms with E-state index in [1.165, 1.54) is 5.56 Å². The second kappa shape index (κ2) is 5.27. The van der Waals surface area contributed by atoms with Crippen LogP contribution in [0, 0.1) is 6.92 Å². The third-order valence-corrected chi connectivity index (χ3v) is 3.55. The second-order valence-electron chi connectivity index (χ2n) is 3.91. The van der Waals surface area contributed by atoms with Crippen LogP contribution in [0.15, 0.2) is 34.8 Å². The van der Waals surface area contributed by atoms with Crippen LogP contribution in [0.25, 0.3) is 0 Å². The largest absolute Gasteiger partial charge is 0.383 e. The van der Waals surface area contributed by atoms with Gasteiger partial charge in [-0.1, -0.05) is 30.3 Å². The van der Waals surface area contributed by atoms with E-state index in [0.29, 0.717) is 5.82 Å². The summed E-state index contributed by atoms with van der Waals surface area (Å²) in [7, 11) is 0. The van der Waals surface area contributed by atoms with Crippen LogP contribution in [0.1, 0.15) is 17.1 Å². The molecule has 3 nitrogen and oxygen atoms in total. The van der Waals surface area contributed by atoms with Gasteiger partial charge in [0, 0.05) is 6.42 Å². The molecule has 1 aromatic heterocycles. The van der Waals surface area contributed by atoms with Gasteiger partial charge in [-0.2, -0.15) is 0 Å². The fraction of sp³-hybridized carbons (Fsp3) is 0.231. The lowest BCUT2D eigenvalue weighted by Crippen LogP contribution is -2.04. The first-order valence-electron chi connectivity index (χ1n) is 5.49. The summed E-state index contributed by atoms with van der Waals surface area (Å²) in [5.41, 5.74) is 7.97. The van der Waals surface area contributed by atoms with Gasteiger partial charge in [-0.15, -0.1) is 0 Å². The van der Waals surface area contributed by atoms with Crippen molar-refractivity contribution in [3.63, 3.8) is 0 Å². The number of hydrogen-bond donors (Lipinski definition) is 1. The molecule has 0 fully saturated rings. The van der Waals surface area contributed by atoms with Gasteiger partial charge in [0.05, 0.1) is 10.2 Å². The van der Waals surface area contributed by atoms with E-state index in [4.69, 9.17) is 5.73 Å². The van der Waals surface area contributed by atoms with Crippen LogP contribution >= 0.6 is 15.9 Å². The topological polar surface area (TPSA) is 51.8 Å². The molecule has 88 valence electrons. The highest BCUT2D eigenvalue weighted by Crippen LogP contribution is 2.20. The molecule has 0 spiro atoms. The Bertz CT molecular complexity index is 488. The number of nitrogens with zero attached hydrogens (tertiary/aromatic N) is 2. The monoisotopic (exact) mass is 291 g/mol. The number of nitrogens with two attached hydrogens (primary N) is 1. The quantitative estimate of drug-likeness (QED) is 0.946. The third kappa shape index (κ3) is 3.03. The minimum absolute atomic E-state index is 0.514. The van der Waals surface area contributed by atoms with Gasteiger partial charge in [0.15, 0.2) is 0 Å². The van der Waals surface area contributed by atoms with E-state index in [2.05, 4.69) is 38.0 Å². The summed E-state index contributed by atoms with van der Waals surface area (Å²) in [4.78, 5) is 8.68. The molecule has 0 unspecified atom stereocenters. The molecule has 0 atom stereocenters. The summed E-state index contributed by atoms with van der Waals surface area (Å²) >= 11 is 3.36. The number of nitrogen functional groups attached to an aromatic ring is 1. The van der Waals surface area contributed by atoms with Crippen molar-refractivity contribution in [3.05, 3.63) is 51.9 Å². The summed E-state index contributed by atoms with van der Waals surface area (Å²) in [6, 6.07) is 10.3. The Hall–Kier alpha value is -1.42. The molecular formula is C13H14BrN3. The van der Waals surface area contributed by atoms with Gasteiger partial charge in [-0.25, -0.2) is 9.97 Å². The van der Waals surface area contributed by atoms with Crippen LogP contribution in [0.5, 0.6) is 0 Å². The minimum Gasteiger partial charge on any atom is -0.383 e. The Morgan fingerprint density at radius 1 is 1.12 bits per heavy atom. The van der Waals surface area contributed by atoms with Crippen LogP contribution in [0.3, 0.4) is 0 Å². The number of hydrogen-bond acceptors (Lipinski definition) is 3. The number of anilines is 1. The summed E-state index contributed by atoms with van der Waals surface area (Å²) in [6.45, 7) is 1.92. The van der Waals surface area contributed by atoms with E-state index in [1.54, 1.807) is 0 Å². The molecule has 0 aliphatic rings. The maximum absolute atomic E-state index is 5.79.